The third kappa shape index (κ3) is 3.69. The number of carboxylic acids is 1. The number of hydroxylamine groups is 1. The molecule has 0 radical (unpaired) electrons. The molecule has 3 N–H and O–H groups in total. The number of aromatic nitrogens is 2. The maximum atomic E-state index is 14.7. The molecule has 3 heterocycles. The van der Waals surface area contributed by atoms with Crippen molar-refractivity contribution in [1.82, 2.24) is 20.3 Å². The van der Waals surface area contributed by atoms with E-state index in [4.69, 9.17) is 21.5 Å². The first kappa shape index (κ1) is 18.7. The first-order chi connectivity index (χ1) is 13.9. The van der Waals surface area contributed by atoms with Gasteiger partial charge in [-0.15, -0.1) is 0 Å². The van der Waals surface area contributed by atoms with Crippen LogP contribution in [0.1, 0.15) is 15.9 Å². The predicted molar refractivity (Wildman–Crippen MR) is 99.9 cm³/mol. The molecule has 11 heteroatoms. The van der Waals surface area contributed by atoms with Crippen LogP contribution >= 0.6 is 11.6 Å². The number of hydrogen-bond acceptors (Lipinski definition) is 7. The third-order valence-electron chi connectivity index (χ3n) is 4.26. The molecule has 0 unspecified atom stereocenters. The Labute approximate surface area is 168 Å². The highest BCUT2D eigenvalue weighted by Gasteiger charge is 2.32. The molecule has 2 aliphatic rings. The summed E-state index contributed by atoms with van der Waals surface area (Å²) in [7, 11) is 0. The summed E-state index contributed by atoms with van der Waals surface area (Å²) >= 11 is 6.20. The van der Waals surface area contributed by atoms with Crippen LogP contribution < -0.4 is 10.8 Å². The summed E-state index contributed by atoms with van der Waals surface area (Å²) in [6.45, 7) is -0.614. The van der Waals surface area contributed by atoms with Gasteiger partial charge < -0.3 is 20.2 Å². The van der Waals surface area contributed by atoms with Crippen molar-refractivity contribution in [3.8, 4) is 11.3 Å². The number of aliphatic carboxylic acids is 1. The average molecular weight is 418 g/mol. The minimum Gasteiger partial charge on any atom is -0.480 e. The Kier molecular flexibility index (Phi) is 4.77. The molecule has 148 valence electrons. The number of allylic oxidation sites excluding steroid dienone is 1. The molecule has 0 aliphatic carbocycles. The smallest absolute Gasteiger partial charge is 0.323 e. The molecule has 9 nitrogen and oxygen atoms in total. The van der Waals surface area contributed by atoms with E-state index in [0.29, 0.717) is 5.70 Å². The van der Waals surface area contributed by atoms with Gasteiger partial charge in [0.05, 0.1) is 35.4 Å². The second-order valence-corrected chi connectivity index (χ2v) is 6.60. The molecule has 0 atom stereocenters. The van der Waals surface area contributed by atoms with Crippen LogP contribution in [0, 0.1) is 5.82 Å². The molecule has 1 aromatic carbocycles. The number of hydrogen-bond donors (Lipinski definition) is 3. The fraction of sp³-hybridized carbons (Fsp3) is 0.111. The van der Waals surface area contributed by atoms with Gasteiger partial charge in [0.25, 0.3) is 5.91 Å². The van der Waals surface area contributed by atoms with Gasteiger partial charge in [-0.05, 0) is 12.1 Å². The van der Waals surface area contributed by atoms with Gasteiger partial charge in [-0.3, -0.25) is 9.59 Å². The second kappa shape index (κ2) is 7.40. The van der Waals surface area contributed by atoms with Crippen molar-refractivity contribution in [2.45, 2.75) is 6.54 Å². The molecule has 0 saturated carbocycles. The van der Waals surface area contributed by atoms with Crippen molar-refractivity contribution in [3.05, 3.63) is 64.5 Å². The van der Waals surface area contributed by atoms with E-state index in [1.807, 2.05) is 0 Å². The van der Waals surface area contributed by atoms with Crippen molar-refractivity contribution >= 4 is 29.4 Å². The van der Waals surface area contributed by atoms with Crippen molar-refractivity contribution in [3.63, 3.8) is 0 Å². The summed E-state index contributed by atoms with van der Waals surface area (Å²) in [5.41, 5.74) is 3.89. The molecule has 1 amide bonds. The molecular weight excluding hydrogens is 405 g/mol. The van der Waals surface area contributed by atoms with Crippen LogP contribution in [-0.2, 0) is 16.2 Å². The zero-order chi connectivity index (χ0) is 20.5. The average Bonchev–Trinajstić information content (AvgIpc) is 3.00. The number of carboxylic acid groups (broad SMARTS) is 1. The van der Waals surface area contributed by atoms with Gasteiger partial charge in [-0.25, -0.2) is 19.8 Å². The number of nitrogens with one attached hydrogen (secondary N) is 2. The summed E-state index contributed by atoms with van der Waals surface area (Å²) in [5, 5.41) is 12.0. The zero-order valence-corrected chi connectivity index (χ0v) is 15.4. The van der Waals surface area contributed by atoms with Gasteiger partial charge in [0.2, 0.25) is 5.95 Å². The lowest BCUT2D eigenvalue weighted by atomic mass is 10.0. The standard InChI is InChI=1S/C18H13ClFN5O4/c19-13-6-21-18(23-10-1-2-29-22-5-10)24-16(13)9-3-11-12(14(20)4-9)7-25(17(11)28)8-15(26)27/h1-6,22H,7-8H2,(H,26,27)(H,21,23,24). The van der Waals surface area contributed by atoms with E-state index >= 15 is 0 Å². The van der Waals surface area contributed by atoms with Crippen LogP contribution in [0.4, 0.5) is 10.3 Å². The summed E-state index contributed by atoms with van der Waals surface area (Å²) in [4.78, 5) is 37.7. The van der Waals surface area contributed by atoms with Gasteiger partial charge in [0.1, 0.15) is 18.6 Å². The van der Waals surface area contributed by atoms with Gasteiger partial charge in [0, 0.05) is 22.8 Å². The van der Waals surface area contributed by atoms with E-state index in [1.54, 1.807) is 12.3 Å². The van der Waals surface area contributed by atoms with Crippen LogP contribution in [0.3, 0.4) is 0 Å². The molecule has 4 rings (SSSR count). The topological polar surface area (TPSA) is 117 Å². The molecule has 0 saturated heterocycles. The molecule has 29 heavy (non-hydrogen) atoms. The number of carbonyl (C=O) groups excluding carboxylic acids is 1. The van der Waals surface area contributed by atoms with Crippen LogP contribution in [0.2, 0.25) is 5.02 Å². The molecule has 0 fully saturated rings. The lowest BCUT2D eigenvalue weighted by molar-refractivity contribution is -0.137. The normalized spacial score (nSPS) is 14.8. The minimum atomic E-state index is -1.17. The number of carbonyl (C=O) groups is 2. The molecular formula is C18H13ClFN5O4. The highest BCUT2D eigenvalue weighted by molar-refractivity contribution is 6.33. The van der Waals surface area contributed by atoms with Gasteiger partial charge >= 0.3 is 5.97 Å². The largest absolute Gasteiger partial charge is 0.480 e. The summed E-state index contributed by atoms with van der Waals surface area (Å²) in [6.07, 6.45) is 5.96. The zero-order valence-electron chi connectivity index (χ0n) is 14.6. The van der Waals surface area contributed by atoms with Gasteiger partial charge in [-0.2, -0.15) is 0 Å². The van der Waals surface area contributed by atoms with Crippen molar-refractivity contribution in [2.75, 3.05) is 11.9 Å². The van der Waals surface area contributed by atoms with Crippen molar-refractivity contribution in [2.24, 2.45) is 0 Å². The fourth-order valence-electron chi connectivity index (χ4n) is 2.98. The van der Waals surface area contributed by atoms with Crippen molar-refractivity contribution in [1.29, 1.82) is 0 Å². The number of fused-ring (bicyclic) bond motifs is 1. The molecule has 2 aromatic rings. The van der Waals surface area contributed by atoms with Crippen LogP contribution in [0.5, 0.6) is 0 Å². The van der Waals surface area contributed by atoms with Gasteiger partial charge in [0.15, 0.2) is 0 Å². The van der Waals surface area contributed by atoms with Gasteiger partial charge in [-0.1, -0.05) is 11.6 Å². The lowest BCUT2D eigenvalue weighted by Crippen LogP contribution is -2.29. The number of halogens is 2. The van der Waals surface area contributed by atoms with Crippen molar-refractivity contribution < 1.29 is 23.9 Å². The Balaban J connectivity index is 1.68. The van der Waals surface area contributed by atoms with E-state index < -0.39 is 24.2 Å². The van der Waals surface area contributed by atoms with E-state index in [9.17, 15) is 14.0 Å². The number of anilines is 1. The molecule has 0 bridgehead atoms. The maximum Gasteiger partial charge on any atom is 0.323 e. The number of rotatable bonds is 5. The SMILES string of the molecule is O=C(O)CN1Cc2c(F)cc(-c3nc(NC4=CNOC=C4)ncc3Cl)cc2C1=O. The van der Waals surface area contributed by atoms with Crippen LogP contribution in [-0.4, -0.2) is 38.4 Å². The van der Waals surface area contributed by atoms with E-state index in [1.165, 1.54) is 24.6 Å². The lowest BCUT2D eigenvalue weighted by Gasteiger charge is -2.12. The number of amides is 1. The quantitative estimate of drug-likeness (QED) is 0.678. The Morgan fingerprint density at radius 3 is 3.00 bits per heavy atom. The maximum absolute atomic E-state index is 14.7. The Morgan fingerprint density at radius 2 is 2.28 bits per heavy atom. The van der Waals surface area contributed by atoms with Crippen LogP contribution in [0.15, 0.2) is 42.6 Å². The Bertz CT molecular complexity index is 1090. The monoisotopic (exact) mass is 417 g/mol. The molecule has 2 aliphatic heterocycles. The number of benzene rings is 1. The second-order valence-electron chi connectivity index (χ2n) is 6.19. The first-order valence-corrected chi connectivity index (χ1v) is 8.71. The van der Waals surface area contributed by atoms with E-state index in [0.717, 1.165) is 4.90 Å². The first-order valence-electron chi connectivity index (χ1n) is 8.33. The Morgan fingerprint density at radius 1 is 1.45 bits per heavy atom. The molecule has 0 spiro atoms. The molecule has 1 aromatic heterocycles. The fourth-order valence-corrected chi connectivity index (χ4v) is 3.18. The summed E-state index contributed by atoms with van der Waals surface area (Å²) in [5.74, 6) is -2.17. The van der Waals surface area contributed by atoms with E-state index in [-0.39, 0.29) is 39.9 Å². The summed E-state index contributed by atoms with van der Waals surface area (Å²) < 4.78 is 14.7. The highest BCUT2D eigenvalue weighted by Crippen LogP contribution is 2.33. The van der Waals surface area contributed by atoms with Crippen LogP contribution in [0.25, 0.3) is 11.3 Å². The number of nitrogens with zero attached hydrogens (tertiary/aromatic N) is 3. The van der Waals surface area contributed by atoms with E-state index in [2.05, 4.69) is 20.8 Å². The Hall–Kier alpha value is -3.66. The minimum absolute atomic E-state index is 0.0877. The predicted octanol–water partition coefficient (Wildman–Crippen LogP) is 2.28. The highest BCUT2D eigenvalue weighted by atomic mass is 35.5. The third-order valence-corrected chi connectivity index (χ3v) is 4.54. The summed E-state index contributed by atoms with van der Waals surface area (Å²) in [6, 6.07) is 2.67.